The molecule has 0 atom stereocenters. The Bertz CT molecular complexity index is 919. The fourth-order valence-electron chi connectivity index (χ4n) is 3.29. The predicted molar refractivity (Wildman–Crippen MR) is 82.8 cm³/mol. The molecule has 2 aromatic heterocycles. The zero-order valence-corrected chi connectivity index (χ0v) is 12.8. The van der Waals surface area contributed by atoms with Crippen LogP contribution in [-0.4, -0.2) is 24.3 Å². The Balaban J connectivity index is 1.76. The van der Waals surface area contributed by atoms with Crippen LogP contribution in [0.4, 0.5) is 4.39 Å². The summed E-state index contributed by atoms with van der Waals surface area (Å²) in [5.41, 5.74) is 3.26. The van der Waals surface area contributed by atoms with Gasteiger partial charge < -0.3 is 4.57 Å². The van der Waals surface area contributed by atoms with Crippen LogP contribution < -0.4 is 0 Å². The molecule has 1 fully saturated rings. The van der Waals surface area contributed by atoms with E-state index in [1.165, 1.54) is 18.9 Å². The molecule has 5 rings (SSSR count). The lowest BCUT2D eigenvalue weighted by molar-refractivity contribution is 0.624. The minimum absolute atomic E-state index is 0.270. The average molecular weight is 309 g/mol. The zero-order chi connectivity index (χ0) is 15.6. The summed E-state index contributed by atoms with van der Waals surface area (Å²) in [4.78, 5) is 9.05. The number of rotatable bonds is 2. The van der Waals surface area contributed by atoms with Crippen LogP contribution in [0.2, 0.25) is 0 Å². The van der Waals surface area contributed by atoms with Crippen molar-refractivity contribution in [3.8, 4) is 17.1 Å². The minimum atomic E-state index is -0.270. The summed E-state index contributed by atoms with van der Waals surface area (Å²) in [6, 6.07) is 5.12. The van der Waals surface area contributed by atoms with E-state index >= 15 is 0 Å². The average Bonchev–Trinajstić information content (AvgIpc) is 3.18. The van der Waals surface area contributed by atoms with Crippen molar-refractivity contribution in [3.05, 3.63) is 47.6 Å². The Morgan fingerprint density at radius 1 is 1.30 bits per heavy atom. The lowest BCUT2D eigenvalue weighted by Gasteiger charge is -2.08. The highest BCUT2D eigenvalue weighted by atomic mass is 19.1. The van der Waals surface area contributed by atoms with Gasteiger partial charge >= 0.3 is 0 Å². The van der Waals surface area contributed by atoms with Crippen molar-refractivity contribution in [1.82, 2.24) is 24.3 Å². The molecule has 1 aromatic carbocycles. The number of aryl methyl sites for hydroxylation is 1. The second kappa shape index (κ2) is 4.50. The van der Waals surface area contributed by atoms with Gasteiger partial charge in [-0.05, 0) is 37.8 Å². The van der Waals surface area contributed by atoms with Crippen molar-refractivity contribution in [3.63, 3.8) is 0 Å². The maximum absolute atomic E-state index is 14.6. The number of hydrogen-bond acceptors (Lipinski definition) is 3. The number of halogens is 1. The molecule has 1 aliphatic heterocycles. The molecule has 3 aromatic rings. The summed E-state index contributed by atoms with van der Waals surface area (Å²) in [5, 5.41) is 4.65. The van der Waals surface area contributed by atoms with Gasteiger partial charge in [0, 0.05) is 6.42 Å². The number of imidazole rings is 1. The molecule has 116 valence electrons. The molecule has 5 nitrogen and oxygen atoms in total. The van der Waals surface area contributed by atoms with Gasteiger partial charge in [-0.15, -0.1) is 0 Å². The van der Waals surface area contributed by atoms with Crippen LogP contribution in [0.5, 0.6) is 0 Å². The van der Waals surface area contributed by atoms with Gasteiger partial charge in [0.05, 0.1) is 35.5 Å². The SMILES string of the molecule is Cc1ncn2c1Cn1nc(CC3CC3)nc1-c1c(F)cccc1-2. The van der Waals surface area contributed by atoms with E-state index in [4.69, 9.17) is 0 Å². The molecule has 0 unspecified atom stereocenters. The fraction of sp³-hybridized carbons (Fsp3) is 0.353. The van der Waals surface area contributed by atoms with Crippen molar-refractivity contribution < 1.29 is 4.39 Å². The Kier molecular flexibility index (Phi) is 2.54. The number of nitrogens with zero attached hydrogens (tertiary/aromatic N) is 5. The molecule has 0 radical (unpaired) electrons. The van der Waals surface area contributed by atoms with Crippen LogP contribution >= 0.6 is 0 Å². The first kappa shape index (κ1) is 13.0. The van der Waals surface area contributed by atoms with E-state index < -0.39 is 0 Å². The molecule has 0 N–H and O–H groups in total. The largest absolute Gasteiger partial charge is 0.300 e. The predicted octanol–water partition coefficient (Wildman–Crippen LogP) is 2.89. The van der Waals surface area contributed by atoms with E-state index in [0.717, 1.165) is 29.3 Å². The molecule has 1 aliphatic carbocycles. The van der Waals surface area contributed by atoms with Crippen LogP contribution in [0.25, 0.3) is 17.1 Å². The molecular weight excluding hydrogens is 293 g/mol. The normalized spacial score (nSPS) is 15.7. The maximum atomic E-state index is 14.6. The second-order valence-electron chi connectivity index (χ2n) is 6.44. The first-order valence-electron chi connectivity index (χ1n) is 7.96. The number of benzene rings is 1. The van der Waals surface area contributed by atoms with Crippen LogP contribution in [0.3, 0.4) is 0 Å². The molecule has 6 heteroatoms. The molecule has 3 heterocycles. The molecule has 0 bridgehead atoms. The molecule has 0 spiro atoms. The van der Waals surface area contributed by atoms with Crippen LogP contribution in [0.1, 0.15) is 30.1 Å². The van der Waals surface area contributed by atoms with Crippen LogP contribution in [0.15, 0.2) is 24.5 Å². The molecule has 2 aliphatic rings. The highest BCUT2D eigenvalue weighted by Crippen LogP contribution is 2.35. The van der Waals surface area contributed by atoms with Crippen molar-refractivity contribution in [2.75, 3.05) is 0 Å². The monoisotopic (exact) mass is 309 g/mol. The summed E-state index contributed by atoms with van der Waals surface area (Å²) in [5.74, 6) is 1.88. The number of aromatic nitrogens is 5. The van der Waals surface area contributed by atoms with Gasteiger partial charge in [-0.2, -0.15) is 5.10 Å². The van der Waals surface area contributed by atoms with Crippen LogP contribution in [-0.2, 0) is 13.0 Å². The molecule has 0 saturated heterocycles. The standard InChI is InChI=1S/C17H16FN5/c1-10-14-8-23-17(20-15(21-23)7-11-5-6-11)16-12(18)3-2-4-13(16)22(14)9-19-10/h2-4,9,11H,5-8H2,1H3. The van der Waals surface area contributed by atoms with E-state index in [1.807, 2.05) is 22.2 Å². The van der Waals surface area contributed by atoms with Gasteiger partial charge in [0.25, 0.3) is 0 Å². The Hall–Kier alpha value is -2.50. The Morgan fingerprint density at radius 2 is 2.17 bits per heavy atom. The minimum Gasteiger partial charge on any atom is -0.300 e. The van der Waals surface area contributed by atoms with Crippen LogP contribution in [0, 0.1) is 18.7 Å². The van der Waals surface area contributed by atoms with Crippen molar-refractivity contribution in [1.29, 1.82) is 0 Å². The van der Waals surface area contributed by atoms with Gasteiger partial charge in [0.15, 0.2) is 11.6 Å². The zero-order valence-electron chi connectivity index (χ0n) is 12.8. The topological polar surface area (TPSA) is 48.5 Å². The maximum Gasteiger partial charge on any atom is 0.163 e. The third kappa shape index (κ3) is 1.94. The fourth-order valence-corrected chi connectivity index (χ4v) is 3.29. The lowest BCUT2D eigenvalue weighted by Crippen LogP contribution is -2.06. The number of hydrogen-bond donors (Lipinski definition) is 0. The first-order chi connectivity index (χ1) is 11.2. The second-order valence-corrected chi connectivity index (χ2v) is 6.44. The molecular formula is C17H16FN5. The van der Waals surface area contributed by atoms with Gasteiger partial charge in [-0.1, -0.05) is 6.07 Å². The molecule has 0 amide bonds. The third-order valence-corrected chi connectivity index (χ3v) is 4.73. The van der Waals surface area contributed by atoms with E-state index in [0.29, 0.717) is 23.9 Å². The summed E-state index contributed by atoms with van der Waals surface area (Å²) in [6.45, 7) is 2.53. The van der Waals surface area contributed by atoms with E-state index in [1.54, 1.807) is 12.4 Å². The van der Waals surface area contributed by atoms with Gasteiger partial charge in [-0.25, -0.2) is 19.0 Å². The van der Waals surface area contributed by atoms with Crippen molar-refractivity contribution >= 4 is 0 Å². The highest BCUT2D eigenvalue weighted by molar-refractivity contribution is 5.70. The summed E-state index contributed by atoms with van der Waals surface area (Å²) < 4.78 is 18.4. The van der Waals surface area contributed by atoms with Gasteiger partial charge in [0.1, 0.15) is 5.82 Å². The first-order valence-corrected chi connectivity index (χ1v) is 7.96. The van der Waals surface area contributed by atoms with Gasteiger partial charge in [-0.3, -0.25) is 0 Å². The third-order valence-electron chi connectivity index (χ3n) is 4.73. The quantitative estimate of drug-likeness (QED) is 0.572. The Labute approximate surface area is 132 Å². The smallest absolute Gasteiger partial charge is 0.163 e. The van der Waals surface area contributed by atoms with E-state index in [-0.39, 0.29) is 5.82 Å². The summed E-state index contributed by atoms with van der Waals surface area (Å²) in [6.07, 6.45) is 5.14. The summed E-state index contributed by atoms with van der Waals surface area (Å²) in [7, 11) is 0. The van der Waals surface area contributed by atoms with E-state index in [9.17, 15) is 4.39 Å². The van der Waals surface area contributed by atoms with Crippen molar-refractivity contribution in [2.45, 2.75) is 32.7 Å². The van der Waals surface area contributed by atoms with Crippen molar-refractivity contribution in [2.24, 2.45) is 5.92 Å². The number of fused-ring (bicyclic) bond motifs is 5. The Morgan fingerprint density at radius 3 is 3.00 bits per heavy atom. The molecule has 23 heavy (non-hydrogen) atoms. The lowest BCUT2D eigenvalue weighted by atomic mass is 10.1. The van der Waals surface area contributed by atoms with Gasteiger partial charge in [0.2, 0.25) is 0 Å². The molecule has 1 saturated carbocycles. The highest BCUT2D eigenvalue weighted by Gasteiger charge is 2.28. The van der Waals surface area contributed by atoms with E-state index in [2.05, 4.69) is 15.1 Å². The summed E-state index contributed by atoms with van der Waals surface area (Å²) >= 11 is 0.